The zero-order valence-electron chi connectivity index (χ0n) is 11.9. The third kappa shape index (κ3) is 2.92. The minimum atomic E-state index is 0.0450. The van der Waals surface area contributed by atoms with Gasteiger partial charge in [-0.2, -0.15) is 0 Å². The van der Waals surface area contributed by atoms with Gasteiger partial charge in [-0.25, -0.2) is 0 Å². The monoisotopic (exact) mass is 272 g/mol. The largest absolute Gasteiger partial charge is 0.290 e. The number of rotatable bonds is 1. The van der Waals surface area contributed by atoms with E-state index in [0.717, 1.165) is 10.8 Å². The fourth-order valence-electron chi connectivity index (χ4n) is 2.41. The fraction of sp³-hybridized carbons (Fsp3) is 0.0500. The molecule has 0 unspecified atom stereocenters. The Kier molecular flexibility index (Phi) is 3.65. The van der Waals surface area contributed by atoms with Crippen LogP contribution < -0.4 is 10.4 Å². The molecule has 0 saturated heterocycles. The quantitative estimate of drug-likeness (QED) is 0.780. The van der Waals surface area contributed by atoms with Gasteiger partial charge >= 0.3 is 0 Å². The Labute approximate surface area is 124 Å². The molecule has 2 aromatic carbocycles. The van der Waals surface area contributed by atoms with Crippen molar-refractivity contribution in [2.75, 3.05) is 0 Å². The summed E-state index contributed by atoms with van der Waals surface area (Å²) in [6.45, 7) is 2.14. The first-order valence-electron chi connectivity index (χ1n) is 7.01. The van der Waals surface area contributed by atoms with E-state index in [-0.39, 0.29) is 5.78 Å². The molecule has 2 aromatic rings. The predicted molar refractivity (Wildman–Crippen MR) is 87.0 cm³/mol. The standard InChI is InChI=1S/C20H16O/c1-15(16-5-3-2-4-6-16)17-7-9-18(10-8-17)19-11-13-20(21)14-12-19/h2-14H,1H3. The van der Waals surface area contributed by atoms with Crippen molar-refractivity contribution < 1.29 is 4.79 Å². The van der Waals surface area contributed by atoms with E-state index in [1.165, 1.54) is 16.4 Å². The topological polar surface area (TPSA) is 17.1 Å². The van der Waals surface area contributed by atoms with Crippen LogP contribution in [0, 0.1) is 0 Å². The average Bonchev–Trinajstić information content (AvgIpc) is 2.56. The number of benzene rings is 2. The van der Waals surface area contributed by atoms with Crippen LogP contribution >= 0.6 is 0 Å². The van der Waals surface area contributed by atoms with Crippen molar-refractivity contribution in [1.29, 1.82) is 0 Å². The van der Waals surface area contributed by atoms with E-state index in [2.05, 4.69) is 55.5 Å². The minimum absolute atomic E-state index is 0.0450. The summed E-state index contributed by atoms with van der Waals surface area (Å²) < 4.78 is 0. The van der Waals surface area contributed by atoms with Crippen molar-refractivity contribution in [2.24, 2.45) is 0 Å². The molecule has 0 aromatic heterocycles. The van der Waals surface area contributed by atoms with Gasteiger partial charge in [-0.1, -0.05) is 66.7 Å². The van der Waals surface area contributed by atoms with E-state index >= 15 is 0 Å². The molecule has 0 spiro atoms. The van der Waals surface area contributed by atoms with Gasteiger partial charge in [-0.3, -0.25) is 4.79 Å². The van der Waals surface area contributed by atoms with E-state index < -0.39 is 0 Å². The maximum atomic E-state index is 11.1. The van der Waals surface area contributed by atoms with Crippen molar-refractivity contribution >= 4 is 16.9 Å². The van der Waals surface area contributed by atoms with Crippen LogP contribution in [0.25, 0.3) is 11.1 Å². The molecule has 0 atom stereocenters. The molecule has 0 aliphatic heterocycles. The molecule has 0 saturated carbocycles. The van der Waals surface area contributed by atoms with Gasteiger partial charge < -0.3 is 0 Å². The van der Waals surface area contributed by atoms with Crippen molar-refractivity contribution in [3.8, 4) is 0 Å². The summed E-state index contributed by atoms with van der Waals surface area (Å²) in [6.07, 6.45) is 6.94. The summed E-state index contributed by atoms with van der Waals surface area (Å²) in [5, 5.41) is 2.34. The van der Waals surface area contributed by atoms with Crippen LogP contribution in [-0.4, -0.2) is 5.78 Å². The Morgan fingerprint density at radius 2 is 1.38 bits per heavy atom. The molecule has 0 amide bonds. The van der Waals surface area contributed by atoms with Crippen LogP contribution in [-0.2, 0) is 4.79 Å². The Hall–Kier alpha value is -2.67. The van der Waals surface area contributed by atoms with Crippen LogP contribution in [0.5, 0.6) is 0 Å². The lowest BCUT2D eigenvalue weighted by atomic mass is 10.0. The molecule has 1 aliphatic rings. The van der Waals surface area contributed by atoms with E-state index in [1.54, 1.807) is 12.2 Å². The molecule has 0 fully saturated rings. The van der Waals surface area contributed by atoms with E-state index in [0.29, 0.717) is 0 Å². The summed E-state index contributed by atoms with van der Waals surface area (Å²) in [7, 11) is 0. The molecular weight excluding hydrogens is 256 g/mol. The number of ketones is 1. The summed E-state index contributed by atoms with van der Waals surface area (Å²) in [5.41, 5.74) is 3.57. The average molecular weight is 272 g/mol. The molecule has 0 radical (unpaired) electrons. The molecular formula is C20H16O. The van der Waals surface area contributed by atoms with Gasteiger partial charge in [0.2, 0.25) is 0 Å². The first-order valence-corrected chi connectivity index (χ1v) is 7.01. The molecule has 1 nitrogen and oxygen atoms in total. The zero-order chi connectivity index (χ0) is 14.7. The van der Waals surface area contributed by atoms with Crippen molar-refractivity contribution in [3.05, 3.63) is 94.9 Å². The smallest absolute Gasteiger partial charge is 0.178 e. The summed E-state index contributed by atoms with van der Waals surface area (Å²) in [6, 6.07) is 18.8. The Morgan fingerprint density at radius 3 is 2.00 bits per heavy atom. The number of carbonyl (C=O) groups is 1. The van der Waals surface area contributed by atoms with Crippen molar-refractivity contribution in [1.82, 2.24) is 0 Å². The third-order valence-corrected chi connectivity index (χ3v) is 3.71. The Balaban J connectivity index is 2.06. The Bertz CT molecular complexity index is 811. The van der Waals surface area contributed by atoms with E-state index in [4.69, 9.17) is 0 Å². The maximum absolute atomic E-state index is 11.1. The molecule has 102 valence electrons. The predicted octanol–water partition coefficient (Wildman–Crippen LogP) is 2.75. The van der Waals surface area contributed by atoms with Gasteiger partial charge in [0.05, 0.1) is 0 Å². The SMILES string of the molecule is CC(c1ccccc1)=c1ccc(=C2C=CC(=O)C=C2)cc1. The minimum Gasteiger partial charge on any atom is -0.290 e. The van der Waals surface area contributed by atoms with Gasteiger partial charge in [0.25, 0.3) is 0 Å². The molecule has 0 bridgehead atoms. The highest BCUT2D eigenvalue weighted by Crippen LogP contribution is 2.09. The van der Waals surface area contributed by atoms with Crippen LogP contribution in [0.4, 0.5) is 0 Å². The van der Waals surface area contributed by atoms with Gasteiger partial charge in [0.15, 0.2) is 5.78 Å². The first kappa shape index (κ1) is 13.3. The first-order chi connectivity index (χ1) is 10.2. The highest BCUT2D eigenvalue weighted by Gasteiger charge is 1.99. The van der Waals surface area contributed by atoms with Crippen LogP contribution in [0.2, 0.25) is 0 Å². The molecule has 0 N–H and O–H groups in total. The summed E-state index contributed by atoms with van der Waals surface area (Å²) in [5.74, 6) is 0.0450. The lowest BCUT2D eigenvalue weighted by Gasteiger charge is -2.02. The maximum Gasteiger partial charge on any atom is 0.178 e. The molecule has 3 rings (SSSR count). The Morgan fingerprint density at radius 1 is 0.762 bits per heavy atom. The molecule has 1 heteroatoms. The highest BCUT2D eigenvalue weighted by atomic mass is 16.1. The van der Waals surface area contributed by atoms with Gasteiger partial charge in [-0.05, 0) is 46.2 Å². The van der Waals surface area contributed by atoms with E-state index in [1.807, 2.05) is 18.2 Å². The normalized spacial score (nSPS) is 13.6. The second-order valence-corrected chi connectivity index (χ2v) is 5.09. The second-order valence-electron chi connectivity index (χ2n) is 5.09. The summed E-state index contributed by atoms with van der Waals surface area (Å²) in [4.78, 5) is 11.1. The molecule has 1 aliphatic carbocycles. The fourth-order valence-corrected chi connectivity index (χ4v) is 2.41. The highest BCUT2D eigenvalue weighted by molar-refractivity contribution is 6.04. The lowest BCUT2D eigenvalue weighted by molar-refractivity contribution is -0.110. The number of hydrogen-bond acceptors (Lipinski definition) is 1. The molecule has 0 heterocycles. The molecule has 21 heavy (non-hydrogen) atoms. The van der Waals surface area contributed by atoms with Gasteiger partial charge in [0.1, 0.15) is 0 Å². The van der Waals surface area contributed by atoms with E-state index in [9.17, 15) is 4.79 Å². The van der Waals surface area contributed by atoms with Gasteiger partial charge in [-0.15, -0.1) is 0 Å². The van der Waals surface area contributed by atoms with Crippen LogP contribution in [0.15, 0.2) is 78.9 Å². The van der Waals surface area contributed by atoms with Crippen molar-refractivity contribution in [3.63, 3.8) is 0 Å². The second kappa shape index (κ2) is 5.76. The summed E-state index contributed by atoms with van der Waals surface area (Å²) >= 11 is 0. The number of allylic oxidation sites excluding steroid dienone is 4. The van der Waals surface area contributed by atoms with Gasteiger partial charge in [0, 0.05) is 0 Å². The van der Waals surface area contributed by atoms with Crippen LogP contribution in [0.1, 0.15) is 12.5 Å². The third-order valence-electron chi connectivity index (χ3n) is 3.71. The lowest BCUT2D eigenvalue weighted by Crippen LogP contribution is -2.12. The number of hydrogen-bond donors (Lipinski definition) is 0. The zero-order valence-corrected chi connectivity index (χ0v) is 11.9. The van der Waals surface area contributed by atoms with Crippen molar-refractivity contribution in [2.45, 2.75) is 6.92 Å². The number of carbonyl (C=O) groups excluding carboxylic acids is 1. The van der Waals surface area contributed by atoms with Crippen LogP contribution in [0.3, 0.4) is 0 Å².